The molecule has 17 heteroatoms. The molecule has 0 aliphatic rings. The minimum atomic E-state index is -2.97. The van der Waals surface area contributed by atoms with Gasteiger partial charge in [-0.25, -0.2) is 0 Å². The van der Waals surface area contributed by atoms with Gasteiger partial charge in [-0.15, -0.1) is 12.4 Å². The van der Waals surface area contributed by atoms with Crippen molar-refractivity contribution in [2.75, 3.05) is 6.54 Å². The molecule has 0 saturated heterocycles. The molecule has 0 bridgehead atoms. The van der Waals surface area contributed by atoms with Gasteiger partial charge in [-0.3, -0.25) is 9.79 Å². The van der Waals surface area contributed by atoms with Crippen LogP contribution in [0.3, 0.4) is 0 Å². The van der Waals surface area contributed by atoms with Crippen molar-refractivity contribution in [3.63, 3.8) is 0 Å². The quantitative estimate of drug-likeness (QED) is 0.0864. The van der Waals surface area contributed by atoms with Gasteiger partial charge in [-0.2, -0.15) is 0 Å². The van der Waals surface area contributed by atoms with Crippen LogP contribution in [0.1, 0.15) is 25.7 Å². The zero-order valence-electron chi connectivity index (χ0n) is 16.5. The van der Waals surface area contributed by atoms with Crippen LogP contribution in [0, 0.1) is 0 Å². The van der Waals surface area contributed by atoms with Gasteiger partial charge in [0.2, 0.25) is 0 Å². The third-order valence-corrected chi connectivity index (χ3v) is 2.54. The van der Waals surface area contributed by atoms with E-state index in [0.717, 1.165) is 0 Å². The van der Waals surface area contributed by atoms with Gasteiger partial charge in [0, 0.05) is 31.3 Å². The first-order chi connectivity index (χ1) is 11.3. The average Bonchev–Trinajstić information content (AvgIpc) is 2.41. The largest absolute Gasteiger partial charge is 1.00 e. The van der Waals surface area contributed by atoms with Gasteiger partial charge in [0.05, 0.1) is 5.97 Å². The third-order valence-electron chi connectivity index (χ3n) is 2.54. The second-order valence-electron chi connectivity index (χ2n) is 4.81. The van der Waals surface area contributed by atoms with Crippen LogP contribution < -0.4 is 121 Å². The van der Waals surface area contributed by atoms with Crippen LogP contribution in [0.15, 0.2) is 4.99 Å². The summed E-state index contributed by atoms with van der Waals surface area (Å²) in [6.45, 7) is 0.420. The third kappa shape index (κ3) is 26.3. The van der Waals surface area contributed by atoms with Crippen molar-refractivity contribution in [3.05, 3.63) is 0 Å². The Bertz CT molecular complexity index is 521. The van der Waals surface area contributed by atoms with Crippen molar-refractivity contribution < 1.29 is 133 Å². The van der Waals surface area contributed by atoms with Gasteiger partial charge in [0.25, 0.3) is 0 Å². The van der Waals surface area contributed by atoms with Gasteiger partial charge in [0.1, 0.15) is 11.6 Å². The van der Waals surface area contributed by atoms with E-state index < -0.39 is 48.4 Å². The summed E-state index contributed by atoms with van der Waals surface area (Å²) in [5.41, 5.74) is 12.3. The fourth-order valence-corrected chi connectivity index (χ4v) is 1.33. The van der Waals surface area contributed by atoms with Crippen molar-refractivity contribution in [2.24, 2.45) is 22.2 Å². The molecule has 13 nitrogen and oxygen atoms in total. The number of carboxylic acids is 4. The van der Waals surface area contributed by atoms with Gasteiger partial charge in [-0.05, 0) is 12.8 Å². The maximum atomic E-state index is 10.2. The Hall–Kier alpha value is 0.360. The fourth-order valence-electron chi connectivity index (χ4n) is 1.33. The Balaban J connectivity index is -0.0000000803. The number of halogens is 1. The molecule has 0 saturated carbocycles. The molecule has 1 atom stereocenters. The van der Waals surface area contributed by atoms with Crippen LogP contribution in [0.25, 0.3) is 0 Å². The van der Waals surface area contributed by atoms with Crippen molar-refractivity contribution >= 4 is 42.2 Å². The number of rotatable bonds is 10. The minimum absolute atomic E-state index is 0. The Morgan fingerprint density at radius 2 is 1.34 bits per heavy atom. The van der Waals surface area contributed by atoms with E-state index in [0.29, 0.717) is 19.4 Å². The van der Waals surface area contributed by atoms with E-state index in [1.165, 1.54) is 0 Å². The van der Waals surface area contributed by atoms with Gasteiger partial charge in [-0.1, -0.05) is 0 Å². The first-order valence-corrected chi connectivity index (χ1v) is 6.69. The molecule has 0 aromatic rings. The number of hydrogen-bond donors (Lipinski definition) is 5. The van der Waals surface area contributed by atoms with E-state index in [2.05, 4.69) is 4.99 Å². The standard InChI is InChI=1S/C6H14N4O2.C6H8O7.ClH.3Na/c7-4(5(11)12)2-1-3-10-6(8)9;7-3(8)1-6(13,5(11)12)2-4(9)10;;;;/h4H,1-3,7H2,(H,11,12)(H4,8,9,10);13H,1-2H2,(H,7,8)(H,9,10)(H,11,12);1H;;;/q;;;3*+1/p-3. The van der Waals surface area contributed by atoms with E-state index in [4.69, 9.17) is 27.4 Å². The van der Waals surface area contributed by atoms with Crippen LogP contribution in [0.4, 0.5) is 0 Å². The molecule has 0 aliphatic carbocycles. The summed E-state index contributed by atoms with van der Waals surface area (Å²) in [5.74, 6) is -6.97. The molecule has 8 N–H and O–H groups in total. The summed E-state index contributed by atoms with van der Waals surface area (Å²) >= 11 is 0. The van der Waals surface area contributed by atoms with Crippen LogP contribution in [0.2, 0.25) is 0 Å². The summed E-state index contributed by atoms with van der Waals surface area (Å²) in [6.07, 6.45) is -1.76. The zero-order valence-corrected chi connectivity index (χ0v) is 23.3. The van der Waals surface area contributed by atoms with Gasteiger partial charge in [0.15, 0.2) is 5.96 Å². The molecule has 0 amide bonds. The number of guanidine groups is 1. The topological polar surface area (TPSA) is 268 Å². The van der Waals surface area contributed by atoms with E-state index in [9.17, 15) is 34.5 Å². The summed E-state index contributed by atoms with van der Waals surface area (Å²) in [7, 11) is 0. The number of carboxylic acid groups (broad SMARTS) is 4. The molecule has 0 rings (SSSR count). The maximum absolute atomic E-state index is 10.2. The molecular weight excluding hydrogens is 449 g/mol. The Labute approximate surface area is 239 Å². The molecule has 0 spiro atoms. The molecule has 1 unspecified atom stereocenters. The molecule has 152 valence electrons. The molecule has 0 heterocycles. The van der Waals surface area contributed by atoms with Crippen LogP contribution in [0.5, 0.6) is 0 Å². The molecule has 0 aliphatic heterocycles. The van der Waals surface area contributed by atoms with E-state index in [1.807, 2.05) is 0 Å². The molecular formula is C12H20ClN4Na3O9. The van der Waals surface area contributed by atoms with E-state index in [-0.39, 0.29) is 107 Å². The Morgan fingerprint density at radius 3 is 1.59 bits per heavy atom. The fraction of sp³-hybridized carbons (Fsp3) is 0.583. The number of aliphatic hydroxyl groups is 1. The smallest absolute Gasteiger partial charge is 0.550 e. The Morgan fingerprint density at radius 1 is 0.966 bits per heavy atom. The van der Waals surface area contributed by atoms with E-state index >= 15 is 0 Å². The SMILES string of the molecule is Cl.NC(N)=NCCCC(N)C(=O)O.O=C([O-])CC(O)(CC(=O)[O-])C(=O)[O-].[Na+].[Na+].[Na+]. The second-order valence-corrected chi connectivity index (χ2v) is 4.81. The van der Waals surface area contributed by atoms with Crippen LogP contribution in [-0.2, 0) is 19.2 Å². The maximum Gasteiger partial charge on any atom is 1.00 e. The predicted molar refractivity (Wildman–Crippen MR) is 82.0 cm³/mol. The second kappa shape index (κ2) is 23.0. The number of nitrogens with zero attached hydrogens (tertiary/aromatic N) is 1. The molecule has 0 aromatic heterocycles. The van der Waals surface area contributed by atoms with Crippen LogP contribution in [-0.4, -0.2) is 58.2 Å². The molecule has 0 radical (unpaired) electrons. The summed E-state index contributed by atoms with van der Waals surface area (Å²) in [4.78, 5) is 43.9. The Kier molecular flexibility index (Phi) is 34.4. The van der Waals surface area contributed by atoms with E-state index in [1.54, 1.807) is 0 Å². The molecule has 29 heavy (non-hydrogen) atoms. The van der Waals surface area contributed by atoms with Crippen molar-refractivity contribution in [1.82, 2.24) is 0 Å². The number of nitrogens with two attached hydrogens (primary N) is 3. The summed E-state index contributed by atoms with van der Waals surface area (Å²) < 4.78 is 0. The minimum Gasteiger partial charge on any atom is -0.550 e. The summed E-state index contributed by atoms with van der Waals surface area (Å²) in [6, 6.07) is -0.820. The predicted octanol–water partition coefficient (Wildman–Crippen LogP) is -15.4. The summed E-state index contributed by atoms with van der Waals surface area (Å²) in [5, 5.41) is 47.3. The number of aliphatic carboxylic acids is 4. The van der Waals surface area contributed by atoms with Crippen LogP contribution >= 0.6 is 12.4 Å². The average molecular weight is 469 g/mol. The van der Waals surface area contributed by atoms with Gasteiger partial charge >= 0.3 is 94.6 Å². The van der Waals surface area contributed by atoms with Gasteiger partial charge < -0.3 is 57.1 Å². The first-order valence-electron chi connectivity index (χ1n) is 6.69. The van der Waals surface area contributed by atoms with Crippen molar-refractivity contribution in [3.8, 4) is 0 Å². The molecule has 0 fully saturated rings. The number of hydrogen-bond acceptors (Lipinski definition) is 10. The number of carbonyl (C=O) groups is 4. The van der Waals surface area contributed by atoms with Crippen molar-refractivity contribution in [1.29, 1.82) is 0 Å². The van der Waals surface area contributed by atoms with Crippen molar-refractivity contribution in [2.45, 2.75) is 37.3 Å². The number of aliphatic imine (C=N–C) groups is 1. The molecule has 0 aromatic carbocycles. The monoisotopic (exact) mass is 468 g/mol. The first kappa shape index (κ1) is 43.3. The number of carbonyl (C=O) groups excluding carboxylic acids is 3. The normalized spacial score (nSPS) is 9.86. The zero-order chi connectivity index (χ0) is 20.2.